The predicted octanol–water partition coefficient (Wildman–Crippen LogP) is 1.65. The van der Waals surface area contributed by atoms with Gasteiger partial charge in [0.1, 0.15) is 5.82 Å². The van der Waals surface area contributed by atoms with Crippen LogP contribution in [0.1, 0.15) is 5.56 Å². The zero-order chi connectivity index (χ0) is 14.2. The molecule has 0 aliphatic carbocycles. The minimum absolute atomic E-state index is 0.266. The van der Waals surface area contributed by atoms with Crippen LogP contribution in [0, 0.1) is 0 Å². The summed E-state index contributed by atoms with van der Waals surface area (Å²) in [5.41, 5.74) is 7.50. The number of benzene rings is 1. The Morgan fingerprint density at radius 3 is 2.75 bits per heavy atom. The van der Waals surface area contributed by atoms with Gasteiger partial charge in [0.15, 0.2) is 0 Å². The van der Waals surface area contributed by atoms with Gasteiger partial charge >= 0.3 is 0 Å². The number of aliphatic hydroxyl groups is 1. The van der Waals surface area contributed by atoms with Gasteiger partial charge in [-0.1, -0.05) is 30.3 Å². The summed E-state index contributed by atoms with van der Waals surface area (Å²) in [6.07, 6.45) is 1.03. The molecule has 1 aromatic carbocycles. The highest BCUT2D eigenvalue weighted by Gasteiger charge is 2.06. The van der Waals surface area contributed by atoms with Crippen molar-refractivity contribution in [3.63, 3.8) is 0 Å². The second kappa shape index (κ2) is 7.47. The average molecular weight is 273 g/mol. The van der Waals surface area contributed by atoms with Crippen molar-refractivity contribution in [1.82, 2.24) is 4.98 Å². The van der Waals surface area contributed by atoms with Crippen LogP contribution in [0.5, 0.6) is 0 Å². The van der Waals surface area contributed by atoms with Gasteiger partial charge in [0, 0.05) is 12.7 Å². The highest BCUT2D eigenvalue weighted by Crippen LogP contribution is 2.13. The Balaban J connectivity index is 1.68. The molecule has 20 heavy (non-hydrogen) atoms. The number of anilines is 2. The minimum atomic E-state index is -0.599. The molecule has 5 nitrogen and oxygen atoms in total. The largest absolute Gasteiger partial charge is 0.389 e. The molecule has 1 heterocycles. The van der Waals surface area contributed by atoms with Crippen LogP contribution >= 0.6 is 0 Å². The zero-order valence-corrected chi connectivity index (χ0v) is 11.2. The number of hydrogen-bond acceptors (Lipinski definition) is 5. The molecule has 0 radical (unpaired) electrons. The van der Waals surface area contributed by atoms with Gasteiger partial charge in [-0.3, -0.25) is 0 Å². The fourth-order valence-corrected chi connectivity index (χ4v) is 1.74. The van der Waals surface area contributed by atoms with Crippen molar-refractivity contribution in [3.05, 3.63) is 54.2 Å². The number of hydrogen-bond donors (Lipinski definition) is 3. The maximum Gasteiger partial charge on any atom is 0.146 e. The van der Waals surface area contributed by atoms with Gasteiger partial charge in [-0.2, -0.15) is 0 Å². The van der Waals surface area contributed by atoms with Crippen LogP contribution in [0.15, 0.2) is 48.7 Å². The molecule has 4 N–H and O–H groups in total. The summed E-state index contributed by atoms with van der Waals surface area (Å²) in [4.78, 5) is 3.96. The Hall–Kier alpha value is -2.11. The van der Waals surface area contributed by atoms with Crippen molar-refractivity contribution in [3.8, 4) is 0 Å². The SMILES string of the molecule is Nc1ncccc1NCC(O)COCc1ccccc1. The third-order valence-electron chi connectivity index (χ3n) is 2.79. The first kappa shape index (κ1) is 14.3. The van der Waals surface area contributed by atoms with Crippen molar-refractivity contribution >= 4 is 11.5 Å². The van der Waals surface area contributed by atoms with Gasteiger partial charge < -0.3 is 20.9 Å². The second-order valence-corrected chi connectivity index (χ2v) is 4.47. The first-order chi connectivity index (χ1) is 9.75. The molecule has 0 aliphatic heterocycles. The molecule has 0 spiro atoms. The quantitative estimate of drug-likeness (QED) is 0.715. The average Bonchev–Trinajstić information content (AvgIpc) is 2.47. The summed E-state index contributed by atoms with van der Waals surface area (Å²) in [7, 11) is 0. The maximum atomic E-state index is 9.83. The van der Waals surface area contributed by atoms with E-state index in [9.17, 15) is 5.11 Å². The van der Waals surface area contributed by atoms with Crippen LogP contribution in [-0.2, 0) is 11.3 Å². The summed E-state index contributed by atoms with van der Waals surface area (Å²) >= 11 is 0. The number of aromatic nitrogens is 1. The summed E-state index contributed by atoms with van der Waals surface area (Å²) in [6, 6.07) is 13.5. The molecule has 0 amide bonds. The lowest BCUT2D eigenvalue weighted by Crippen LogP contribution is -2.25. The highest BCUT2D eigenvalue weighted by molar-refractivity contribution is 5.60. The Bertz CT molecular complexity index is 520. The van der Waals surface area contributed by atoms with E-state index in [1.165, 1.54) is 0 Å². The van der Waals surface area contributed by atoms with E-state index in [4.69, 9.17) is 10.5 Å². The van der Waals surface area contributed by atoms with Crippen LogP contribution in [0.25, 0.3) is 0 Å². The van der Waals surface area contributed by atoms with E-state index in [2.05, 4.69) is 10.3 Å². The summed E-state index contributed by atoms with van der Waals surface area (Å²) in [5, 5.41) is 12.9. The Kier molecular flexibility index (Phi) is 5.34. The lowest BCUT2D eigenvalue weighted by Gasteiger charge is -2.14. The number of aliphatic hydroxyl groups excluding tert-OH is 1. The monoisotopic (exact) mass is 273 g/mol. The van der Waals surface area contributed by atoms with Crippen molar-refractivity contribution in [2.45, 2.75) is 12.7 Å². The van der Waals surface area contributed by atoms with Crippen LogP contribution in [0.3, 0.4) is 0 Å². The Labute approximate surface area is 118 Å². The first-order valence-corrected chi connectivity index (χ1v) is 6.50. The molecular formula is C15H19N3O2. The van der Waals surface area contributed by atoms with E-state index in [1.807, 2.05) is 36.4 Å². The third-order valence-corrected chi connectivity index (χ3v) is 2.79. The lowest BCUT2D eigenvalue weighted by molar-refractivity contribution is 0.0348. The molecule has 0 saturated heterocycles. The van der Waals surface area contributed by atoms with Crippen LogP contribution in [0.2, 0.25) is 0 Å². The minimum Gasteiger partial charge on any atom is -0.389 e. The molecule has 0 fully saturated rings. The molecule has 1 aromatic heterocycles. The molecule has 5 heteroatoms. The van der Waals surface area contributed by atoms with Gasteiger partial charge in [0.25, 0.3) is 0 Å². The van der Waals surface area contributed by atoms with Gasteiger partial charge in [0.05, 0.1) is 25.0 Å². The normalized spacial score (nSPS) is 12.1. The van der Waals surface area contributed by atoms with E-state index in [-0.39, 0.29) is 6.61 Å². The predicted molar refractivity (Wildman–Crippen MR) is 79.2 cm³/mol. The molecule has 106 valence electrons. The van der Waals surface area contributed by atoms with Crippen LogP contribution < -0.4 is 11.1 Å². The van der Waals surface area contributed by atoms with Gasteiger partial charge in [-0.25, -0.2) is 4.98 Å². The third kappa shape index (κ3) is 4.53. The molecule has 2 aromatic rings. The second-order valence-electron chi connectivity index (χ2n) is 4.47. The van der Waals surface area contributed by atoms with Crippen molar-refractivity contribution in [2.24, 2.45) is 0 Å². The Morgan fingerprint density at radius 2 is 2.00 bits per heavy atom. The molecule has 0 bridgehead atoms. The maximum absolute atomic E-state index is 9.83. The molecule has 0 aliphatic rings. The van der Waals surface area contributed by atoms with Gasteiger partial charge in [-0.15, -0.1) is 0 Å². The number of nitrogens with two attached hydrogens (primary N) is 1. The van der Waals surface area contributed by atoms with Crippen molar-refractivity contribution in [2.75, 3.05) is 24.2 Å². The summed E-state index contributed by atoms with van der Waals surface area (Å²) in [5.74, 6) is 0.421. The molecule has 1 unspecified atom stereocenters. The van der Waals surface area contributed by atoms with E-state index in [1.54, 1.807) is 12.3 Å². The standard InChI is InChI=1S/C15H19N3O2/c16-15-14(7-4-8-17-15)18-9-13(19)11-20-10-12-5-2-1-3-6-12/h1-8,13,18-19H,9-11H2,(H2,16,17). The number of rotatable bonds is 7. The van der Waals surface area contributed by atoms with Crippen LogP contribution in [0.4, 0.5) is 11.5 Å². The fraction of sp³-hybridized carbons (Fsp3) is 0.267. The number of ether oxygens (including phenoxy) is 1. The Morgan fingerprint density at radius 1 is 1.20 bits per heavy atom. The molecule has 2 rings (SSSR count). The lowest BCUT2D eigenvalue weighted by atomic mass is 10.2. The van der Waals surface area contributed by atoms with E-state index in [0.717, 1.165) is 11.3 Å². The number of nitrogens with one attached hydrogen (secondary N) is 1. The zero-order valence-electron chi connectivity index (χ0n) is 11.2. The van der Waals surface area contributed by atoms with Crippen molar-refractivity contribution in [1.29, 1.82) is 0 Å². The molecule has 0 saturated carbocycles. The fourth-order valence-electron chi connectivity index (χ4n) is 1.74. The molecular weight excluding hydrogens is 254 g/mol. The summed E-state index contributed by atoms with van der Waals surface area (Å²) in [6.45, 7) is 1.12. The van der Waals surface area contributed by atoms with Gasteiger partial charge in [0.2, 0.25) is 0 Å². The number of nitrogens with zero attached hydrogens (tertiary/aromatic N) is 1. The van der Waals surface area contributed by atoms with E-state index in [0.29, 0.717) is 19.0 Å². The number of pyridine rings is 1. The van der Waals surface area contributed by atoms with Crippen molar-refractivity contribution < 1.29 is 9.84 Å². The smallest absolute Gasteiger partial charge is 0.146 e. The topological polar surface area (TPSA) is 80.4 Å². The van der Waals surface area contributed by atoms with E-state index < -0.39 is 6.10 Å². The highest BCUT2D eigenvalue weighted by atomic mass is 16.5. The van der Waals surface area contributed by atoms with E-state index >= 15 is 0 Å². The van der Waals surface area contributed by atoms with Gasteiger partial charge in [-0.05, 0) is 17.7 Å². The summed E-state index contributed by atoms with van der Waals surface area (Å²) < 4.78 is 5.46. The number of nitrogen functional groups attached to an aromatic ring is 1. The van der Waals surface area contributed by atoms with Crippen LogP contribution in [-0.4, -0.2) is 29.3 Å². The molecule has 1 atom stereocenters. The first-order valence-electron chi connectivity index (χ1n) is 6.50.